The lowest BCUT2D eigenvalue weighted by atomic mass is 10.2. The fraction of sp³-hybridized carbons (Fsp3) is 0.211. The number of rotatable bonds is 6. The number of benzene rings is 2. The summed E-state index contributed by atoms with van der Waals surface area (Å²) in [7, 11) is 1.56. The third-order valence-corrected chi connectivity index (χ3v) is 3.96. The van der Waals surface area contributed by atoms with Gasteiger partial charge in [0, 0.05) is 5.56 Å². The number of nitrogens with one attached hydrogen (secondary N) is 3. The van der Waals surface area contributed by atoms with Crippen LogP contribution in [-0.2, 0) is 4.79 Å². The van der Waals surface area contributed by atoms with Crippen LogP contribution < -0.4 is 15.4 Å². The van der Waals surface area contributed by atoms with Gasteiger partial charge in [-0.2, -0.15) is 0 Å². The van der Waals surface area contributed by atoms with Crippen molar-refractivity contribution in [3.63, 3.8) is 0 Å². The molecule has 0 aliphatic carbocycles. The number of ether oxygens (including phenoxy) is 1. The van der Waals surface area contributed by atoms with Crippen molar-refractivity contribution in [1.82, 2.24) is 20.6 Å². The number of aromatic amines is 1. The molecule has 7 nitrogen and oxygen atoms in total. The minimum atomic E-state index is -0.320. The monoisotopic (exact) mass is 352 g/mol. The summed E-state index contributed by atoms with van der Waals surface area (Å²) >= 11 is 0. The molecule has 0 saturated heterocycles. The average Bonchev–Trinajstić information content (AvgIpc) is 3.10. The van der Waals surface area contributed by atoms with Crippen LogP contribution in [0.5, 0.6) is 5.75 Å². The Morgan fingerprint density at radius 1 is 1.15 bits per heavy atom. The van der Waals surface area contributed by atoms with E-state index in [9.17, 15) is 9.59 Å². The van der Waals surface area contributed by atoms with Crippen molar-refractivity contribution < 1.29 is 14.3 Å². The number of hydrogen-bond acceptors (Lipinski definition) is 4. The Kier molecular flexibility index (Phi) is 5.17. The Bertz CT molecular complexity index is 885. The van der Waals surface area contributed by atoms with E-state index in [-0.39, 0.29) is 24.4 Å². The lowest BCUT2D eigenvalue weighted by Gasteiger charge is -2.12. The van der Waals surface area contributed by atoms with Crippen molar-refractivity contribution in [2.24, 2.45) is 0 Å². The molecule has 1 aromatic heterocycles. The minimum Gasteiger partial charge on any atom is -0.497 e. The number of para-hydroxylation sites is 2. The van der Waals surface area contributed by atoms with Gasteiger partial charge in [0.1, 0.15) is 11.6 Å². The normalized spacial score (nSPS) is 11.8. The maximum atomic E-state index is 12.1. The van der Waals surface area contributed by atoms with Crippen molar-refractivity contribution in [1.29, 1.82) is 0 Å². The predicted octanol–water partition coefficient (Wildman–Crippen LogP) is 2.18. The van der Waals surface area contributed by atoms with Crippen LogP contribution in [0.1, 0.15) is 29.1 Å². The van der Waals surface area contributed by atoms with Crippen molar-refractivity contribution in [3.8, 4) is 5.75 Å². The fourth-order valence-corrected chi connectivity index (χ4v) is 2.54. The van der Waals surface area contributed by atoms with Gasteiger partial charge < -0.3 is 20.4 Å². The third kappa shape index (κ3) is 4.00. The number of H-pyrrole nitrogens is 1. The molecule has 134 valence electrons. The molecule has 1 atom stereocenters. The second kappa shape index (κ2) is 7.69. The SMILES string of the molecule is COc1ccc(C(=O)NCC(=O)NC(C)c2nc3ccccc3[nH]2)cc1. The Labute approximate surface area is 150 Å². The first kappa shape index (κ1) is 17.5. The molecule has 3 aromatic rings. The van der Waals surface area contributed by atoms with E-state index < -0.39 is 0 Å². The number of carbonyl (C=O) groups is 2. The molecule has 0 saturated carbocycles. The highest BCUT2D eigenvalue weighted by Crippen LogP contribution is 2.15. The summed E-state index contributed by atoms with van der Waals surface area (Å²) in [6.45, 7) is 1.72. The number of imidazole rings is 1. The van der Waals surface area contributed by atoms with Crippen LogP contribution in [0.2, 0.25) is 0 Å². The van der Waals surface area contributed by atoms with E-state index in [1.54, 1.807) is 31.4 Å². The highest BCUT2D eigenvalue weighted by molar-refractivity contribution is 5.96. The minimum absolute atomic E-state index is 0.116. The molecule has 3 rings (SSSR count). The average molecular weight is 352 g/mol. The predicted molar refractivity (Wildman–Crippen MR) is 98.0 cm³/mol. The largest absolute Gasteiger partial charge is 0.497 e. The van der Waals surface area contributed by atoms with Crippen molar-refractivity contribution in [2.75, 3.05) is 13.7 Å². The summed E-state index contributed by atoms with van der Waals surface area (Å²) in [4.78, 5) is 31.8. The molecule has 0 aliphatic rings. The zero-order valence-electron chi connectivity index (χ0n) is 14.6. The molecule has 1 unspecified atom stereocenters. The number of fused-ring (bicyclic) bond motifs is 1. The van der Waals surface area contributed by atoms with Crippen LogP contribution in [0.4, 0.5) is 0 Å². The highest BCUT2D eigenvalue weighted by atomic mass is 16.5. The van der Waals surface area contributed by atoms with E-state index in [0.29, 0.717) is 17.1 Å². The van der Waals surface area contributed by atoms with Crippen LogP contribution in [0.25, 0.3) is 11.0 Å². The number of hydrogen-bond donors (Lipinski definition) is 3. The number of nitrogens with zero attached hydrogens (tertiary/aromatic N) is 1. The van der Waals surface area contributed by atoms with E-state index in [1.807, 2.05) is 31.2 Å². The summed E-state index contributed by atoms with van der Waals surface area (Å²) in [6, 6.07) is 14.0. The lowest BCUT2D eigenvalue weighted by Crippen LogP contribution is -2.38. The van der Waals surface area contributed by atoms with Gasteiger partial charge in [-0.15, -0.1) is 0 Å². The van der Waals surface area contributed by atoms with Crippen LogP contribution in [0.3, 0.4) is 0 Å². The van der Waals surface area contributed by atoms with Crippen LogP contribution >= 0.6 is 0 Å². The molecule has 0 radical (unpaired) electrons. The van der Waals surface area contributed by atoms with E-state index in [2.05, 4.69) is 20.6 Å². The fourth-order valence-electron chi connectivity index (χ4n) is 2.54. The second-order valence-electron chi connectivity index (χ2n) is 5.84. The van der Waals surface area contributed by atoms with E-state index in [1.165, 1.54) is 0 Å². The second-order valence-corrected chi connectivity index (χ2v) is 5.84. The van der Waals surface area contributed by atoms with Crippen molar-refractivity contribution in [3.05, 3.63) is 59.9 Å². The van der Waals surface area contributed by atoms with Crippen LogP contribution in [-0.4, -0.2) is 35.4 Å². The Balaban J connectivity index is 1.53. The Morgan fingerprint density at radius 3 is 2.58 bits per heavy atom. The molecular formula is C19H20N4O3. The van der Waals surface area contributed by atoms with Crippen LogP contribution in [0.15, 0.2) is 48.5 Å². The number of amides is 2. The van der Waals surface area contributed by atoms with Gasteiger partial charge in [0.05, 0.1) is 30.7 Å². The summed E-state index contributed by atoms with van der Waals surface area (Å²) in [5, 5.41) is 5.41. The number of aromatic nitrogens is 2. The van der Waals surface area contributed by atoms with E-state index in [0.717, 1.165) is 11.0 Å². The molecular weight excluding hydrogens is 332 g/mol. The van der Waals surface area contributed by atoms with E-state index in [4.69, 9.17) is 4.74 Å². The lowest BCUT2D eigenvalue weighted by molar-refractivity contribution is -0.120. The standard InChI is InChI=1S/C19H20N4O3/c1-12(18-22-15-5-3-4-6-16(15)23-18)21-17(24)11-20-19(25)13-7-9-14(26-2)10-8-13/h3-10,12H,11H2,1-2H3,(H,20,25)(H,21,24)(H,22,23). The molecule has 0 fully saturated rings. The first-order valence-electron chi connectivity index (χ1n) is 8.23. The van der Waals surface area contributed by atoms with Gasteiger partial charge in [-0.25, -0.2) is 4.98 Å². The van der Waals surface area contributed by atoms with Gasteiger partial charge in [0.15, 0.2) is 0 Å². The zero-order valence-corrected chi connectivity index (χ0v) is 14.6. The highest BCUT2D eigenvalue weighted by Gasteiger charge is 2.14. The van der Waals surface area contributed by atoms with Gasteiger partial charge in [0.25, 0.3) is 5.91 Å². The quantitative estimate of drug-likeness (QED) is 0.633. The third-order valence-electron chi connectivity index (χ3n) is 3.96. The summed E-state index contributed by atoms with van der Waals surface area (Å²) in [5.74, 6) is 0.721. The van der Waals surface area contributed by atoms with Crippen molar-refractivity contribution in [2.45, 2.75) is 13.0 Å². The molecule has 2 amide bonds. The summed E-state index contributed by atoms with van der Waals surface area (Å²) in [5.41, 5.74) is 2.22. The first-order chi connectivity index (χ1) is 12.6. The zero-order chi connectivity index (χ0) is 18.5. The topological polar surface area (TPSA) is 96.1 Å². The maximum Gasteiger partial charge on any atom is 0.251 e. The van der Waals surface area contributed by atoms with Gasteiger partial charge in [-0.1, -0.05) is 12.1 Å². The van der Waals surface area contributed by atoms with Crippen LogP contribution in [0, 0.1) is 0 Å². The summed E-state index contributed by atoms with van der Waals surface area (Å²) in [6.07, 6.45) is 0. The molecule has 0 bridgehead atoms. The Morgan fingerprint density at radius 2 is 1.88 bits per heavy atom. The van der Waals surface area contributed by atoms with Gasteiger partial charge in [0.2, 0.25) is 5.91 Å². The van der Waals surface area contributed by atoms with Crippen molar-refractivity contribution >= 4 is 22.8 Å². The van der Waals surface area contributed by atoms with Gasteiger partial charge in [-0.05, 0) is 43.3 Å². The maximum absolute atomic E-state index is 12.1. The molecule has 1 heterocycles. The number of carbonyl (C=O) groups excluding carboxylic acids is 2. The smallest absolute Gasteiger partial charge is 0.251 e. The van der Waals surface area contributed by atoms with Gasteiger partial charge in [-0.3, -0.25) is 9.59 Å². The summed E-state index contributed by atoms with van der Waals surface area (Å²) < 4.78 is 5.05. The molecule has 0 spiro atoms. The number of methoxy groups -OCH3 is 1. The molecule has 0 aliphatic heterocycles. The Hall–Kier alpha value is -3.35. The van der Waals surface area contributed by atoms with Gasteiger partial charge >= 0.3 is 0 Å². The molecule has 3 N–H and O–H groups in total. The molecule has 7 heteroatoms. The van der Waals surface area contributed by atoms with E-state index >= 15 is 0 Å². The first-order valence-corrected chi connectivity index (χ1v) is 8.23. The molecule has 26 heavy (non-hydrogen) atoms. The molecule has 2 aromatic carbocycles.